The molecule has 0 radical (unpaired) electrons. The lowest BCUT2D eigenvalue weighted by molar-refractivity contribution is -0.121. The molecule has 0 aromatic heterocycles. The van der Waals surface area contributed by atoms with E-state index in [0.717, 1.165) is 37.7 Å². The lowest BCUT2D eigenvalue weighted by Crippen LogP contribution is -2.26. The van der Waals surface area contributed by atoms with E-state index in [1.54, 1.807) is 11.8 Å². The molecule has 14 heavy (non-hydrogen) atoms. The highest BCUT2D eigenvalue weighted by atomic mass is 32.2. The molecule has 1 aliphatic rings. The third kappa shape index (κ3) is 4.86. The molecule has 1 fully saturated rings. The van der Waals surface area contributed by atoms with Gasteiger partial charge in [-0.15, -0.1) is 0 Å². The first-order chi connectivity index (χ1) is 6.83. The second-order valence-electron chi connectivity index (χ2n) is 3.74. The summed E-state index contributed by atoms with van der Waals surface area (Å²) in [5.74, 6) is 1.95. The van der Waals surface area contributed by atoms with Crippen LogP contribution in [0.5, 0.6) is 0 Å². The van der Waals surface area contributed by atoms with Gasteiger partial charge in [-0.1, -0.05) is 0 Å². The monoisotopic (exact) mass is 216 g/mol. The minimum Gasteiger partial charge on any atom is -0.355 e. The summed E-state index contributed by atoms with van der Waals surface area (Å²) < 4.78 is 0. The van der Waals surface area contributed by atoms with E-state index in [0.29, 0.717) is 6.42 Å². The number of hydrogen-bond acceptors (Lipinski definition) is 3. The first-order valence-corrected chi connectivity index (χ1v) is 6.68. The lowest BCUT2D eigenvalue weighted by atomic mass is 10.0. The molecule has 0 aromatic carbocycles. The van der Waals surface area contributed by atoms with Crippen LogP contribution in [0.4, 0.5) is 0 Å². The van der Waals surface area contributed by atoms with Crippen LogP contribution in [0, 0.1) is 5.92 Å². The largest absolute Gasteiger partial charge is 0.355 e. The Kier molecular flexibility index (Phi) is 6.03. The Morgan fingerprint density at radius 1 is 1.64 bits per heavy atom. The third-order valence-electron chi connectivity index (χ3n) is 2.57. The van der Waals surface area contributed by atoms with Crippen molar-refractivity contribution in [1.29, 1.82) is 0 Å². The molecule has 1 rings (SSSR count). The number of hydrogen-bond donors (Lipinski definition) is 2. The second kappa shape index (κ2) is 7.12. The van der Waals surface area contributed by atoms with Gasteiger partial charge in [-0.25, -0.2) is 0 Å². The molecule has 0 aliphatic carbocycles. The zero-order valence-electron chi connectivity index (χ0n) is 8.84. The standard InChI is InChI=1S/C10H20N2OS/c1-14-7-6-12-10(13)3-2-9-4-5-11-8-9/h9,11H,2-8H2,1H3,(H,12,13). The van der Waals surface area contributed by atoms with Crippen LogP contribution in [0.1, 0.15) is 19.3 Å². The summed E-state index contributed by atoms with van der Waals surface area (Å²) in [6.45, 7) is 3.03. The molecule has 1 aliphatic heterocycles. The Labute approximate surface area is 90.4 Å². The van der Waals surface area contributed by atoms with Crippen LogP contribution in [-0.2, 0) is 4.79 Å². The minimum absolute atomic E-state index is 0.214. The van der Waals surface area contributed by atoms with Crippen molar-refractivity contribution in [2.45, 2.75) is 19.3 Å². The smallest absolute Gasteiger partial charge is 0.220 e. The van der Waals surface area contributed by atoms with Gasteiger partial charge in [0, 0.05) is 18.7 Å². The molecule has 1 saturated heterocycles. The van der Waals surface area contributed by atoms with E-state index >= 15 is 0 Å². The zero-order valence-corrected chi connectivity index (χ0v) is 9.66. The summed E-state index contributed by atoms with van der Waals surface area (Å²) >= 11 is 1.76. The maximum Gasteiger partial charge on any atom is 0.220 e. The summed E-state index contributed by atoms with van der Waals surface area (Å²) in [5, 5.41) is 6.24. The average molecular weight is 216 g/mol. The van der Waals surface area contributed by atoms with Gasteiger partial charge in [-0.3, -0.25) is 4.79 Å². The molecule has 82 valence electrons. The number of nitrogens with one attached hydrogen (secondary N) is 2. The molecular weight excluding hydrogens is 196 g/mol. The van der Waals surface area contributed by atoms with Gasteiger partial charge in [0.25, 0.3) is 0 Å². The molecule has 0 bridgehead atoms. The SMILES string of the molecule is CSCCNC(=O)CCC1CCNC1. The van der Waals surface area contributed by atoms with Gasteiger partial charge >= 0.3 is 0 Å². The van der Waals surface area contributed by atoms with Crippen molar-refractivity contribution >= 4 is 17.7 Å². The molecule has 0 saturated carbocycles. The highest BCUT2D eigenvalue weighted by Crippen LogP contribution is 2.13. The van der Waals surface area contributed by atoms with Crippen molar-refractivity contribution in [2.24, 2.45) is 5.92 Å². The Morgan fingerprint density at radius 3 is 3.14 bits per heavy atom. The lowest BCUT2D eigenvalue weighted by Gasteiger charge is -2.07. The fourth-order valence-corrected chi connectivity index (χ4v) is 1.98. The van der Waals surface area contributed by atoms with Gasteiger partial charge in [0.15, 0.2) is 0 Å². The Bertz CT molecular complexity index is 170. The molecule has 1 atom stereocenters. The molecule has 2 N–H and O–H groups in total. The molecule has 1 amide bonds. The number of carbonyl (C=O) groups is 1. The second-order valence-corrected chi connectivity index (χ2v) is 4.73. The van der Waals surface area contributed by atoms with E-state index in [1.165, 1.54) is 6.42 Å². The summed E-state index contributed by atoms with van der Waals surface area (Å²) in [7, 11) is 0. The predicted molar refractivity (Wildman–Crippen MR) is 61.6 cm³/mol. The predicted octanol–water partition coefficient (Wildman–Crippen LogP) is 0.855. The van der Waals surface area contributed by atoms with Crippen LogP contribution >= 0.6 is 11.8 Å². The summed E-state index contributed by atoms with van der Waals surface area (Å²) in [4.78, 5) is 11.3. The topological polar surface area (TPSA) is 41.1 Å². The number of carbonyl (C=O) groups excluding carboxylic acids is 1. The molecule has 0 spiro atoms. The summed E-state index contributed by atoms with van der Waals surface area (Å²) in [5.41, 5.74) is 0. The van der Waals surface area contributed by atoms with Crippen molar-refractivity contribution in [3.8, 4) is 0 Å². The summed E-state index contributed by atoms with van der Waals surface area (Å²) in [6, 6.07) is 0. The van der Waals surface area contributed by atoms with Gasteiger partial charge in [0.2, 0.25) is 5.91 Å². The van der Waals surface area contributed by atoms with E-state index in [2.05, 4.69) is 16.9 Å². The van der Waals surface area contributed by atoms with Crippen LogP contribution in [-0.4, -0.2) is 37.6 Å². The number of rotatable bonds is 6. The minimum atomic E-state index is 0.214. The molecule has 3 nitrogen and oxygen atoms in total. The quantitative estimate of drug-likeness (QED) is 0.647. The highest BCUT2D eigenvalue weighted by molar-refractivity contribution is 7.98. The van der Waals surface area contributed by atoms with Crippen molar-refractivity contribution in [1.82, 2.24) is 10.6 Å². The Hall–Kier alpha value is -0.220. The summed E-state index contributed by atoms with van der Waals surface area (Å²) in [6.07, 6.45) is 5.02. The molecular formula is C10H20N2OS. The van der Waals surface area contributed by atoms with Crippen molar-refractivity contribution in [2.75, 3.05) is 31.6 Å². The van der Waals surface area contributed by atoms with E-state index in [1.807, 2.05) is 0 Å². The maximum atomic E-state index is 11.3. The van der Waals surface area contributed by atoms with Gasteiger partial charge in [-0.05, 0) is 38.1 Å². The third-order valence-corrected chi connectivity index (χ3v) is 3.18. The van der Waals surface area contributed by atoms with Crippen LogP contribution in [0.15, 0.2) is 0 Å². The van der Waals surface area contributed by atoms with Gasteiger partial charge in [0.05, 0.1) is 0 Å². The average Bonchev–Trinajstić information content (AvgIpc) is 2.68. The Balaban J connectivity index is 1.96. The normalized spacial score (nSPS) is 21.1. The van der Waals surface area contributed by atoms with E-state index in [4.69, 9.17) is 0 Å². The fourth-order valence-electron chi connectivity index (χ4n) is 1.68. The maximum absolute atomic E-state index is 11.3. The van der Waals surface area contributed by atoms with Crippen LogP contribution < -0.4 is 10.6 Å². The molecule has 1 unspecified atom stereocenters. The first-order valence-electron chi connectivity index (χ1n) is 5.29. The molecule has 0 aromatic rings. The van der Waals surface area contributed by atoms with Crippen LogP contribution in [0.3, 0.4) is 0 Å². The van der Waals surface area contributed by atoms with Crippen molar-refractivity contribution in [3.63, 3.8) is 0 Å². The number of amides is 1. The molecule has 4 heteroatoms. The molecule has 1 heterocycles. The van der Waals surface area contributed by atoms with Gasteiger partial charge < -0.3 is 10.6 Å². The van der Waals surface area contributed by atoms with Crippen molar-refractivity contribution < 1.29 is 4.79 Å². The van der Waals surface area contributed by atoms with E-state index in [-0.39, 0.29) is 5.91 Å². The van der Waals surface area contributed by atoms with Gasteiger partial charge in [0.1, 0.15) is 0 Å². The highest BCUT2D eigenvalue weighted by Gasteiger charge is 2.15. The van der Waals surface area contributed by atoms with Gasteiger partial charge in [-0.2, -0.15) is 11.8 Å². The fraction of sp³-hybridized carbons (Fsp3) is 0.900. The van der Waals surface area contributed by atoms with E-state index in [9.17, 15) is 4.79 Å². The van der Waals surface area contributed by atoms with Crippen LogP contribution in [0.25, 0.3) is 0 Å². The first kappa shape index (κ1) is 11.9. The van der Waals surface area contributed by atoms with E-state index < -0.39 is 0 Å². The zero-order chi connectivity index (χ0) is 10.2. The van der Waals surface area contributed by atoms with Crippen molar-refractivity contribution in [3.05, 3.63) is 0 Å². The number of thioether (sulfide) groups is 1. The Morgan fingerprint density at radius 2 is 2.50 bits per heavy atom. The van der Waals surface area contributed by atoms with Crippen LogP contribution in [0.2, 0.25) is 0 Å².